The lowest BCUT2D eigenvalue weighted by Crippen LogP contribution is -2.41. The summed E-state index contributed by atoms with van der Waals surface area (Å²) in [5, 5.41) is 13.7. The summed E-state index contributed by atoms with van der Waals surface area (Å²) >= 11 is 0. The standard InChI is InChI=1S/C18H22N6O5S2/c1-3-5-14-16-15(24(18(14)25)30(2,26)27)8-9-23(16)31(28,29)11-12-6-4-7-13(10-12)17-19-21-22-20-17/h4,6-8,10,14,16H,3,5,9,11H2,1-2H3,(H,19,20,21,22)/t14-,16-/m1/s1. The van der Waals surface area contributed by atoms with Gasteiger partial charge in [0.15, 0.2) is 0 Å². The lowest BCUT2D eigenvalue weighted by Gasteiger charge is -2.26. The fourth-order valence-electron chi connectivity index (χ4n) is 4.20. The Morgan fingerprint density at radius 1 is 1.23 bits per heavy atom. The molecule has 0 spiro atoms. The molecule has 3 heterocycles. The highest BCUT2D eigenvalue weighted by Gasteiger charge is 2.54. The van der Waals surface area contributed by atoms with Crippen LogP contribution < -0.4 is 0 Å². The number of fused-ring (bicyclic) bond motifs is 1. The molecule has 0 radical (unpaired) electrons. The number of benzene rings is 1. The Kier molecular flexibility index (Phi) is 5.43. The predicted octanol–water partition coefficient (Wildman–Crippen LogP) is 0.483. The lowest BCUT2D eigenvalue weighted by molar-refractivity contribution is -0.127. The fraction of sp³-hybridized carbons (Fsp3) is 0.444. The molecule has 1 aromatic carbocycles. The molecule has 166 valence electrons. The van der Waals surface area contributed by atoms with Gasteiger partial charge in [-0.25, -0.2) is 21.1 Å². The first-order valence-electron chi connectivity index (χ1n) is 9.70. The monoisotopic (exact) mass is 466 g/mol. The van der Waals surface area contributed by atoms with Crippen molar-refractivity contribution in [3.05, 3.63) is 41.6 Å². The largest absolute Gasteiger partial charge is 0.273 e. The van der Waals surface area contributed by atoms with Gasteiger partial charge in [-0.2, -0.15) is 9.52 Å². The van der Waals surface area contributed by atoms with E-state index >= 15 is 0 Å². The highest BCUT2D eigenvalue weighted by molar-refractivity contribution is 7.89. The van der Waals surface area contributed by atoms with E-state index in [1.54, 1.807) is 24.3 Å². The minimum absolute atomic E-state index is 0.0202. The molecule has 1 N–H and O–H groups in total. The molecule has 2 atom stereocenters. The van der Waals surface area contributed by atoms with Gasteiger partial charge in [-0.05, 0) is 29.3 Å². The molecular formula is C18H22N6O5S2. The third-order valence-electron chi connectivity index (χ3n) is 5.39. The maximum atomic E-state index is 13.3. The second kappa shape index (κ2) is 7.80. The molecule has 2 aliphatic rings. The zero-order chi connectivity index (χ0) is 22.4. The molecule has 2 aromatic rings. The van der Waals surface area contributed by atoms with Crippen molar-refractivity contribution in [1.29, 1.82) is 0 Å². The van der Waals surface area contributed by atoms with Crippen molar-refractivity contribution in [1.82, 2.24) is 29.2 Å². The Morgan fingerprint density at radius 3 is 2.65 bits per heavy atom. The molecule has 31 heavy (non-hydrogen) atoms. The van der Waals surface area contributed by atoms with Crippen molar-refractivity contribution in [2.75, 3.05) is 12.8 Å². The van der Waals surface area contributed by atoms with Gasteiger partial charge in [-0.15, -0.1) is 10.2 Å². The molecular weight excluding hydrogens is 444 g/mol. The SMILES string of the molecule is CCC[C@H]1C(=O)N(S(C)(=O)=O)C2=CCN(S(=O)(=O)Cc3cccc(-c4nn[nH]n4)c3)[C@@H]21. The predicted molar refractivity (Wildman–Crippen MR) is 111 cm³/mol. The molecule has 13 heteroatoms. The van der Waals surface area contributed by atoms with E-state index in [0.29, 0.717) is 29.8 Å². The highest BCUT2D eigenvalue weighted by Crippen LogP contribution is 2.41. The van der Waals surface area contributed by atoms with Crippen molar-refractivity contribution < 1.29 is 21.6 Å². The summed E-state index contributed by atoms with van der Waals surface area (Å²) in [5.74, 6) is -1.26. The average molecular weight is 467 g/mol. The molecule has 2 aliphatic heterocycles. The molecule has 4 rings (SSSR count). The van der Waals surface area contributed by atoms with E-state index in [1.807, 2.05) is 6.92 Å². The summed E-state index contributed by atoms with van der Waals surface area (Å²) in [5.41, 5.74) is 1.37. The van der Waals surface area contributed by atoms with E-state index in [2.05, 4.69) is 20.6 Å². The van der Waals surface area contributed by atoms with Crippen molar-refractivity contribution >= 4 is 26.0 Å². The van der Waals surface area contributed by atoms with E-state index in [0.717, 1.165) is 10.6 Å². The summed E-state index contributed by atoms with van der Waals surface area (Å²) in [6, 6.07) is 5.98. The van der Waals surface area contributed by atoms with Gasteiger partial charge in [-0.3, -0.25) is 4.79 Å². The smallest absolute Gasteiger partial charge is 0.245 e. The molecule has 1 fully saturated rings. The number of carbonyl (C=O) groups excluding carboxylic acids is 1. The van der Waals surface area contributed by atoms with E-state index in [4.69, 9.17) is 0 Å². The van der Waals surface area contributed by atoms with Gasteiger partial charge in [0.2, 0.25) is 31.8 Å². The van der Waals surface area contributed by atoms with Crippen molar-refractivity contribution in [3.8, 4) is 11.4 Å². The number of nitrogens with zero attached hydrogens (tertiary/aromatic N) is 5. The third kappa shape index (κ3) is 3.88. The second-order valence-electron chi connectivity index (χ2n) is 7.60. The number of sulfonamides is 2. The Balaban J connectivity index is 1.64. The van der Waals surface area contributed by atoms with Gasteiger partial charge in [0, 0.05) is 12.1 Å². The highest BCUT2D eigenvalue weighted by atomic mass is 32.2. The number of amides is 1. The van der Waals surface area contributed by atoms with Crippen LogP contribution in [0.15, 0.2) is 36.0 Å². The number of hydrogen-bond acceptors (Lipinski definition) is 8. The number of aromatic nitrogens is 4. The Morgan fingerprint density at radius 2 is 2.00 bits per heavy atom. The Bertz CT molecular complexity index is 1240. The second-order valence-corrected chi connectivity index (χ2v) is 11.3. The first kappa shape index (κ1) is 21.6. The van der Waals surface area contributed by atoms with E-state index < -0.39 is 37.9 Å². The van der Waals surface area contributed by atoms with Crippen LogP contribution in [0.3, 0.4) is 0 Å². The number of H-pyrrole nitrogens is 1. The molecule has 1 saturated heterocycles. The summed E-state index contributed by atoms with van der Waals surface area (Å²) in [6.45, 7) is 1.89. The molecule has 0 bridgehead atoms. The summed E-state index contributed by atoms with van der Waals surface area (Å²) in [4.78, 5) is 12.8. The van der Waals surface area contributed by atoms with Gasteiger partial charge in [0.05, 0.1) is 29.7 Å². The number of aromatic amines is 1. The fourth-order valence-corrected chi connectivity index (χ4v) is 6.90. The van der Waals surface area contributed by atoms with Crippen LogP contribution in [0, 0.1) is 5.92 Å². The minimum atomic E-state index is -3.85. The van der Waals surface area contributed by atoms with Crippen LogP contribution in [0.5, 0.6) is 0 Å². The summed E-state index contributed by atoms with van der Waals surface area (Å²) in [6.07, 6.45) is 3.49. The molecule has 1 amide bonds. The van der Waals surface area contributed by atoms with Crippen molar-refractivity contribution in [2.45, 2.75) is 31.6 Å². The Labute approximate surface area is 180 Å². The molecule has 11 nitrogen and oxygen atoms in total. The van der Waals surface area contributed by atoms with E-state index in [9.17, 15) is 21.6 Å². The maximum Gasteiger partial charge on any atom is 0.245 e. The number of tetrazole rings is 1. The van der Waals surface area contributed by atoms with Crippen LogP contribution in [-0.2, 0) is 30.6 Å². The van der Waals surface area contributed by atoms with Gasteiger partial charge < -0.3 is 0 Å². The number of hydrogen-bond donors (Lipinski definition) is 1. The van der Waals surface area contributed by atoms with Crippen LogP contribution in [0.25, 0.3) is 11.4 Å². The summed E-state index contributed by atoms with van der Waals surface area (Å²) < 4.78 is 53.1. The summed E-state index contributed by atoms with van der Waals surface area (Å²) in [7, 11) is -7.70. The van der Waals surface area contributed by atoms with Gasteiger partial charge >= 0.3 is 0 Å². The molecule has 0 aliphatic carbocycles. The van der Waals surface area contributed by atoms with Crippen molar-refractivity contribution in [2.24, 2.45) is 5.92 Å². The normalized spacial score (nSPS) is 22.1. The first-order valence-corrected chi connectivity index (χ1v) is 13.2. The van der Waals surface area contributed by atoms with Crippen LogP contribution in [0.2, 0.25) is 0 Å². The van der Waals surface area contributed by atoms with Crippen LogP contribution >= 0.6 is 0 Å². The van der Waals surface area contributed by atoms with Crippen LogP contribution in [0.1, 0.15) is 25.3 Å². The zero-order valence-corrected chi connectivity index (χ0v) is 18.6. The van der Waals surface area contributed by atoms with Gasteiger partial charge in [0.1, 0.15) is 0 Å². The maximum absolute atomic E-state index is 13.3. The minimum Gasteiger partial charge on any atom is -0.273 e. The van der Waals surface area contributed by atoms with Crippen LogP contribution in [-0.4, -0.2) is 70.8 Å². The number of carbonyl (C=O) groups is 1. The molecule has 1 aromatic heterocycles. The average Bonchev–Trinajstić information content (AvgIpc) is 3.39. The van der Waals surface area contributed by atoms with E-state index in [-0.39, 0.29) is 18.0 Å². The number of rotatable bonds is 7. The third-order valence-corrected chi connectivity index (χ3v) is 8.24. The van der Waals surface area contributed by atoms with Crippen molar-refractivity contribution in [3.63, 3.8) is 0 Å². The zero-order valence-electron chi connectivity index (χ0n) is 17.0. The number of nitrogens with one attached hydrogen (secondary N) is 1. The van der Waals surface area contributed by atoms with Gasteiger partial charge in [0.25, 0.3) is 0 Å². The topological polar surface area (TPSA) is 146 Å². The molecule has 0 saturated carbocycles. The van der Waals surface area contributed by atoms with Crippen LogP contribution in [0.4, 0.5) is 0 Å². The molecule has 0 unspecified atom stereocenters. The lowest BCUT2D eigenvalue weighted by atomic mass is 9.97. The first-order chi connectivity index (χ1) is 14.6. The quantitative estimate of drug-likeness (QED) is 0.620. The van der Waals surface area contributed by atoms with E-state index in [1.165, 1.54) is 10.4 Å². The van der Waals surface area contributed by atoms with Gasteiger partial charge in [-0.1, -0.05) is 31.5 Å². The Hall–Kier alpha value is -2.64.